The highest BCUT2D eigenvalue weighted by Crippen LogP contribution is 2.24. The van der Waals surface area contributed by atoms with E-state index in [-0.39, 0.29) is 19.3 Å². The van der Waals surface area contributed by atoms with Crippen molar-refractivity contribution in [2.45, 2.75) is 45.4 Å². The zero-order valence-corrected chi connectivity index (χ0v) is 19.3. The maximum atomic E-state index is 11.2. The fourth-order valence-corrected chi connectivity index (χ4v) is 3.18. The van der Waals surface area contributed by atoms with E-state index in [0.29, 0.717) is 12.8 Å². The van der Waals surface area contributed by atoms with Crippen LogP contribution >= 0.6 is 0 Å². The van der Waals surface area contributed by atoms with Gasteiger partial charge in [0, 0.05) is 0 Å². The Morgan fingerprint density at radius 1 is 0.559 bits per heavy atom. The Bertz CT molecular complexity index is 738. The number of rotatable bonds is 12. The van der Waals surface area contributed by atoms with Crippen LogP contribution in [0.2, 0.25) is 0 Å². The Labute approximate surface area is 199 Å². The molecule has 0 fully saturated rings. The second-order valence-electron chi connectivity index (χ2n) is 7.52. The van der Waals surface area contributed by atoms with Crippen LogP contribution in [0.1, 0.15) is 45.4 Å². The SMILES string of the molecule is CCC(C(=O)O)C(CCCCC(CC(=O)O)C(=O)O)C(=O)O.c1ccccc1.c1ccccc1. The first-order chi connectivity index (χ1) is 16.2. The molecule has 8 nitrogen and oxygen atoms in total. The Kier molecular flexibility index (Phi) is 16.8. The highest BCUT2D eigenvalue weighted by Gasteiger charge is 2.32. The lowest BCUT2D eigenvalue weighted by Gasteiger charge is -2.19. The normalized spacial score (nSPS) is 12.4. The molecule has 0 saturated carbocycles. The average molecular weight is 475 g/mol. The summed E-state index contributed by atoms with van der Waals surface area (Å²) in [6, 6.07) is 24.0. The lowest BCUT2D eigenvalue weighted by Crippen LogP contribution is -2.29. The maximum absolute atomic E-state index is 11.2. The van der Waals surface area contributed by atoms with Gasteiger partial charge in [0.05, 0.1) is 24.2 Å². The predicted octanol–water partition coefficient (Wildman–Crippen LogP) is 4.91. The molecule has 3 unspecified atom stereocenters. The smallest absolute Gasteiger partial charge is 0.307 e. The van der Waals surface area contributed by atoms with E-state index >= 15 is 0 Å². The van der Waals surface area contributed by atoms with Crippen LogP contribution in [0.25, 0.3) is 0 Å². The summed E-state index contributed by atoms with van der Waals surface area (Å²) in [6.07, 6.45) is 0.638. The third kappa shape index (κ3) is 15.2. The molecule has 0 bridgehead atoms. The van der Waals surface area contributed by atoms with Crippen LogP contribution in [-0.2, 0) is 19.2 Å². The summed E-state index contributed by atoms with van der Waals surface area (Å²) in [7, 11) is 0. The third-order valence-electron chi connectivity index (χ3n) is 4.98. The van der Waals surface area contributed by atoms with Crippen molar-refractivity contribution in [3.8, 4) is 0 Å². The van der Waals surface area contributed by atoms with Crippen LogP contribution in [0.4, 0.5) is 0 Å². The van der Waals surface area contributed by atoms with Crippen LogP contribution in [0, 0.1) is 17.8 Å². The average Bonchev–Trinajstić information content (AvgIpc) is 2.82. The van der Waals surface area contributed by atoms with Gasteiger partial charge in [-0.3, -0.25) is 19.2 Å². The predicted molar refractivity (Wildman–Crippen MR) is 127 cm³/mol. The van der Waals surface area contributed by atoms with Gasteiger partial charge < -0.3 is 20.4 Å². The van der Waals surface area contributed by atoms with E-state index in [1.165, 1.54) is 0 Å². The summed E-state index contributed by atoms with van der Waals surface area (Å²) in [6.45, 7) is 1.60. The summed E-state index contributed by atoms with van der Waals surface area (Å²) in [4.78, 5) is 43.6. The summed E-state index contributed by atoms with van der Waals surface area (Å²) < 4.78 is 0. The number of carboxylic acid groups (broad SMARTS) is 4. The highest BCUT2D eigenvalue weighted by molar-refractivity contribution is 5.80. The Hall–Kier alpha value is -3.68. The minimum atomic E-state index is -1.20. The third-order valence-corrected chi connectivity index (χ3v) is 4.98. The van der Waals surface area contributed by atoms with Crippen molar-refractivity contribution in [2.75, 3.05) is 0 Å². The van der Waals surface area contributed by atoms with Crippen LogP contribution < -0.4 is 0 Å². The molecule has 0 heterocycles. The molecule has 0 saturated heterocycles. The van der Waals surface area contributed by atoms with Gasteiger partial charge in [0.15, 0.2) is 0 Å². The molecule has 2 rings (SSSR count). The monoisotopic (exact) mass is 474 g/mol. The van der Waals surface area contributed by atoms with E-state index < -0.39 is 48.1 Å². The largest absolute Gasteiger partial charge is 0.481 e. The second-order valence-corrected chi connectivity index (χ2v) is 7.52. The maximum Gasteiger partial charge on any atom is 0.307 e. The molecule has 2 aromatic rings. The number of carboxylic acids is 4. The summed E-state index contributed by atoms with van der Waals surface area (Å²) in [5, 5.41) is 35.6. The molecular weight excluding hydrogens is 440 g/mol. The topological polar surface area (TPSA) is 149 Å². The van der Waals surface area contributed by atoms with Crippen LogP contribution in [-0.4, -0.2) is 44.3 Å². The molecule has 0 aromatic heterocycles. The molecule has 0 aliphatic carbocycles. The highest BCUT2D eigenvalue weighted by atomic mass is 16.4. The zero-order chi connectivity index (χ0) is 25.8. The second kappa shape index (κ2) is 18.8. The molecule has 186 valence electrons. The van der Waals surface area contributed by atoms with Crippen molar-refractivity contribution >= 4 is 23.9 Å². The van der Waals surface area contributed by atoms with Gasteiger partial charge in [-0.25, -0.2) is 0 Å². The van der Waals surface area contributed by atoms with Gasteiger partial charge in [0.1, 0.15) is 0 Å². The van der Waals surface area contributed by atoms with Crippen LogP contribution in [0.15, 0.2) is 72.8 Å². The van der Waals surface area contributed by atoms with E-state index in [1.807, 2.05) is 72.8 Å². The lowest BCUT2D eigenvalue weighted by atomic mass is 9.85. The van der Waals surface area contributed by atoms with Crippen LogP contribution in [0.5, 0.6) is 0 Å². The first kappa shape index (κ1) is 30.3. The molecule has 8 heteroatoms. The number of hydrogen-bond acceptors (Lipinski definition) is 4. The van der Waals surface area contributed by atoms with E-state index in [2.05, 4.69) is 0 Å². The molecule has 0 amide bonds. The van der Waals surface area contributed by atoms with Crippen LogP contribution in [0.3, 0.4) is 0 Å². The number of unbranched alkanes of at least 4 members (excludes halogenated alkanes) is 1. The van der Waals surface area contributed by atoms with Crippen molar-refractivity contribution in [3.05, 3.63) is 72.8 Å². The van der Waals surface area contributed by atoms with E-state index in [1.54, 1.807) is 6.92 Å². The minimum Gasteiger partial charge on any atom is -0.481 e. The van der Waals surface area contributed by atoms with E-state index in [9.17, 15) is 19.2 Å². The van der Waals surface area contributed by atoms with Crippen molar-refractivity contribution in [1.29, 1.82) is 0 Å². The lowest BCUT2D eigenvalue weighted by molar-refractivity contribution is -0.154. The van der Waals surface area contributed by atoms with Gasteiger partial charge in [-0.1, -0.05) is 92.6 Å². The molecule has 0 aliphatic heterocycles. The van der Waals surface area contributed by atoms with Crippen molar-refractivity contribution in [3.63, 3.8) is 0 Å². The van der Waals surface area contributed by atoms with Gasteiger partial charge in [-0.05, 0) is 19.3 Å². The molecule has 3 atom stereocenters. The molecule has 0 aliphatic rings. The number of benzene rings is 2. The van der Waals surface area contributed by atoms with Gasteiger partial charge in [0.25, 0.3) is 0 Å². The molecular formula is C26H34O8. The first-order valence-electron chi connectivity index (χ1n) is 11.1. The van der Waals surface area contributed by atoms with Gasteiger partial charge >= 0.3 is 23.9 Å². The zero-order valence-electron chi connectivity index (χ0n) is 19.3. The Balaban J connectivity index is 0.000000719. The van der Waals surface area contributed by atoms with Gasteiger partial charge in [-0.15, -0.1) is 0 Å². The number of aliphatic carboxylic acids is 4. The summed E-state index contributed by atoms with van der Waals surface area (Å²) in [5.74, 6) is -7.76. The summed E-state index contributed by atoms with van der Waals surface area (Å²) >= 11 is 0. The molecule has 0 radical (unpaired) electrons. The first-order valence-corrected chi connectivity index (χ1v) is 11.1. The number of carbonyl (C=O) groups is 4. The molecule has 0 spiro atoms. The van der Waals surface area contributed by atoms with E-state index in [4.69, 9.17) is 20.4 Å². The molecule has 2 aromatic carbocycles. The standard InChI is InChI=1S/C14H22O8.2C6H6/c1-2-9(13(19)20)10(14(21)22)6-4-3-5-8(12(17)18)7-11(15)16;2*1-2-4-6-5-3-1/h8-10H,2-7H2,1H3,(H,15,16)(H,17,18)(H,19,20)(H,21,22);2*1-6H. The summed E-state index contributed by atoms with van der Waals surface area (Å²) in [5.41, 5.74) is 0. The van der Waals surface area contributed by atoms with Gasteiger partial charge in [-0.2, -0.15) is 0 Å². The fraction of sp³-hybridized carbons (Fsp3) is 0.385. The minimum absolute atomic E-state index is 0.123. The Morgan fingerprint density at radius 2 is 0.912 bits per heavy atom. The van der Waals surface area contributed by atoms with Crippen molar-refractivity contribution in [2.24, 2.45) is 17.8 Å². The van der Waals surface area contributed by atoms with Crippen molar-refractivity contribution < 1.29 is 39.6 Å². The number of hydrogen-bond donors (Lipinski definition) is 4. The van der Waals surface area contributed by atoms with Crippen molar-refractivity contribution in [1.82, 2.24) is 0 Å². The van der Waals surface area contributed by atoms with Gasteiger partial charge in [0.2, 0.25) is 0 Å². The molecule has 34 heavy (non-hydrogen) atoms. The fourth-order valence-electron chi connectivity index (χ4n) is 3.18. The molecule has 4 N–H and O–H groups in total. The Morgan fingerprint density at radius 3 is 1.18 bits per heavy atom. The van der Waals surface area contributed by atoms with E-state index in [0.717, 1.165) is 0 Å². The quantitative estimate of drug-likeness (QED) is 0.317.